The second-order valence-corrected chi connectivity index (χ2v) is 5.65. The van der Waals surface area contributed by atoms with E-state index in [1.807, 2.05) is 0 Å². The van der Waals surface area contributed by atoms with Crippen molar-refractivity contribution in [2.24, 2.45) is 0 Å². The highest BCUT2D eigenvalue weighted by atomic mass is 32.1. The van der Waals surface area contributed by atoms with Crippen LogP contribution in [0.4, 0.5) is 0 Å². The smallest absolute Gasteiger partial charge is 0.0721 e. The number of rotatable bonds is 3. The van der Waals surface area contributed by atoms with E-state index in [9.17, 15) is 0 Å². The lowest BCUT2D eigenvalue weighted by molar-refractivity contribution is 0.0792. The molecule has 1 N–H and O–H groups in total. The maximum Gasteiger partial charge on any atom is 0.0721 e. The summed E-state index contributed by atoms with van der Waals surface area (Å²) in [6.45, 7) is 3.71. The van der Waals surface area contributed by atoms with Crippen LogP contribution in [-0.4, -0.2) is 6.61 Å². The molecule has 0 fully saturated rings. The lowest BCUT2D eigenvalue weighted by Crippen LogP contribution is -2.31. The minimum atomic E-state index is 0.298. The zero-order chi connectivity index (χ0) is 12.4. The number of hydrogen-bond acceptors (Lipinski definition) is 3. The summed E-state index contributed by atoms with van der Waals surface area (Å²) >= 11 is 1.80. The fourth-order valence-electron chi connectivity index (χ4n) is 2.44. The van der Waals surface area contributed by atoms with Gasteiger partial charge in [0.15, 0.2) is 0 Å². The molecule has 1 aromatic carbocycles. The Bertz CT molecular complexity index is 509. The van der Waals surface area contributed by atoms with Gasteiger partial charge in [0.2, 0.25) is 0 Å². The van der Waals surface area contributed by atoms with Gasteiger partial charge >= 0.3 is 0 Å². The van der Waals surface area contributed by atoms with E-state index >= 15 is 0 Å². The third-order valence-corrected chi connectivity index (χ3v) is 4.45. The van der Waals surface area contributed by atoms with Crippen LogP contribution in [-0.2, 0) is 11.3 Å². The summed E-state index contributed by atoms with van der Waals surface area (Å²) in [5.41, 5.74) is 2.69. The predicted octanol–water partition coefficient (Wildman–Crippen LogP) is 3.67. The molecular formula is C15H17NOS. The van der Waals surface area contributed by atoms with Gasteiger partial charge < -0.3 is 10.1 Å². The monoisotopic (exact) mass is 259 g/mol. The Balaban J connectivity index is 1.78. The van der Waals surface area contributed by atoms with E-state index in [0.29, 0.717) is 12.1 Å². The summed E-state index contributed by atoms with van der Waals surface area (Å²) < 4.78 is 5.67. The standard InChI is InChI=1S/C15H17NOS/c1-11(15-7-4-8-18-15)16-14-10-17-9-12-5-2-3-6-13(12)14/h2-8,11,14,16H,9-10H2,1H3/t11-,14?/m1/s1. The molecule has 3 heteroatoms. The molecular weight excluding hydrogens is 242 g/mol. The van der Waals surface area contributed by atoms with Crippen molar-refractivity contribution < 1.29 is 4.74 Å². The first-order valence-electron chi connectivity index (χ1n) is 6.29. The molecule has 18 heavy (non-hydrogen) atoms. The van der Waals surface area contributed by atoms with Crippen LogP contribution < -0.4 is 5.32 Å². The lowest BCUT2D eigenvalue weighted by Gasteiger charge is -2.29. The summed E-state index contributed by atoms with van der Waals surface area (Å²) in [6.07, 6.45) is 0. The van der Waals surface area contributed by atoms with Crippen LogP contribution in [0.2, 0.25) is 0 Å². The molecule has 0 bridgehead atoms. The minimum absolute atomic E-state index is 0.298. The molecule has 0 saturated carbocycles. The first-order valence-corrected chi connectivity index (χ1v) is 7.17. The molecule has 1 unspecified atom stereocenters. The van der Waals surface area contributed by atoms with Crippen LogP contribution in [0.25, 0.3) is 0 Å². The number of thiophene rings is 1. The molecule has 1 aromatic heterocycles. The van der Waals surface area contributed by atoms with E-state index in [-0.39, 0.29) is 0 Å². The highest BCUT2D eigenvalue weighted by Crippen LogP contribution is 2.28. The molecule has 3 rings (SSSR count). The molecule has 0 radical (unpaired) electrons. The van der Waals surface area contributed by atoms with Crippen LogP contribution in [0.5, 0.6) is 0 Å². The first-order chi connectivity index (χ1) is 8.84. The van der Waals surface area contributed by atoms with E-state index in [1.54, 1.807) is 11.3 Å². The van der Waals surface area contributed by atoms with Crippen molar-refractivity contribution in [3.8, 4) is 0 Å². The molecule has 0 spiro atoms. The van der Waals surface area contributed by atoms with Crippen LogP contribution in [0.3, 0.4) is 0 Å². The Morgan fingerprint density at radius 3 is 3.00 bits per heavy atom. The van der Waals surface area contributed by atoms with Crippen molar-refractivity contribution in [2.45, 2.75) is 25.6 Å². The van der Waals surface area contributed by atoms with Crippen LogP contribution in [0.1, 0.15) is 35.0 Å². The fraction of sp³-hybridized carbons (Fsp3) is 0.333. The first kappa shape index (κ1) is 11.9. The quantitative estimate of drug-likeness (QED) is 0.908. The van der Waals surface area contributed by atoms with Gasteiger partial charge in [-0.05, 0) is 29.5 Å². The van der Waals surface area contributed by atoms with Gasteiger partial charge in [0.05, 0.1) is 19.3 Å². The molecule has 2 atom stereocenters. The molecule has 0 saturated heterocycles. The molecule has 2 aromatic rings. The van der Waals surface area contributed by atoms with E-state index in [1.165, 1.54) is 16.0 Å². The lowest BCUT2D eigenvalue weighted by atomic mass is 9.98. The molecule has 2 heterocycles. The van der Waals surface area contributed by atoms with E-state index in [2.05, 4.69) is 54.0 Å². The largest absolute Gasteiger partial charge is 0.375 e. The van der Waals surface area contributed by atoms with E-state index in [4.69, 9.17) is 4.74 Å². The van der Waals surface area contributed by atoms with Crippen LogP contribution in [0.15, 0.2) is 41.8 Å². The normalized spacial score (nSPS) is 20.4. The summed E-state index contributed by atoms with van der Waals surface area (Å²) in [5, 5.41) is 5.79. The number of fused-ring (bicyclic) bond motifs is 1. The van der Waals surface area contributed by atoms with Gasteiger partial charge in [0.25, 0.3) is 0 Å². The van der Waals surface area contributed by atoms with Crippen molar-refractivity contribution in [1.82, 2.24) is 5.32 Å². The average molecular weight is 259 g/mol. The highest BCUT2D eigenvalue weighted by molar-refractivity contribution is 7.10. The Labute approximate surface area is 112 Å². The SMILES string of the molecule is C[C@@H](NC1COCc2ccccc21)c1cccs1. The fourth-order valence-corrected chi connectivity index (χ4v) is 3.19. The van der Waals surface area contributed by atoms with Crippen molar-refractivity contribution in [1.29, 1.82) is 0 Å². The second kappa shape index (κ2) is 5.22. The third-order valence-electron chi connectivity index (χ3n) is 3.39. The summed E-state index contributed by atoms with van der Waals surface area (Å²) in [7, 11) is 0. The third kappa shape index (κ3) is 2.34. The zero-order valence-corrected chi connectivity index (χ0v) is 11.2. The van der Waals surface area contributed by atoms with Crippen molar-refractivity contribution in [3.63, 3.8) is 0 Å². The highest BCUT2D eigenvalue weighted by Gasteiger charge is 2.22. The molecule has 0 aliphatic carbocycles. The van der Waals surface area contributed by atoms with Gasteiger partial charge in [-0.25, -0.2) is 0 Å². The van der Waals surface area contributed by atoms with E-state index in [0.717, 1.165) is 13.2 Å². The van der Waals surface area contributed by atoms with Gasteiger partial charge in [0.1, 0.15) is 0 Å². The molecule has 1 aliphatic heterocycles. The predicted molar refractivity (Wildman–Crippen MR) is 74.7 cm³/mol. The number of ether oxygens (including phenoxy) is 1. The van der Waals surface area contributed by atoms with Crippen molar-refractivity contribution in [3.05, 3.63) is 57.8 Å². The van der Waals surface area contributed by atoms with Gasteiger partial charge in [0, 0.05) is 10.9 Å². The van der Waals surface area contributed by atoms with Gasteiger partial charge in [-0.3, -0.25) is 0 Å². The van der Waals surface area contributed by atoms with Crippen molar-refractivity contribution in [2.75, 3.05) is 6.61 Å². The molecule has 94 valence electrons. The Morgan fingerprint density at radius 1 is 1.28 bits per heavy atom. The second-order valence-electron chi connectivity index (χ2n) is 4.67. The minimum Gasteiger partial charge on any atom is -0.375 e. The van der Waals surface area contributed by atoms with Crippen molar-refractivity contribution >= 4 is 11.3 Å². The zero-order valence-electron chi connectivity index (χ0n) is 10.4. The number of nitrogens with one attached hydrogen (secondary N) is 1. The molecule has 2 nitrogen and oxygen atoms in total. The number of hydrogen-bond donors (Lipinski definition) is 1. The van der Waals surface area contributed by atoms with Gasteiger partial charge in [-0.15, -0.1) is 11.3 Å². The average Bonchev–Trinajstić information content (AvgIpc) is 2.93. The van der Waals surface area contributed by atoms with Crippen LogP contribution in [0, 0.1) is 0 Å². The summed E-state index contributed by atoms with van der Waals surface area (Å²) in [5.74, 6) is 0. The maximum absolute atomic E-state index is 5.67. The van der Waals surface area contributed by atoms with E-state index < -0.39 is 0 Å². The summed E-state index contributed by atoms with van der Waals surface area (Å²) in [6, 6.07) is 13.5. The Hall–Kier alpha value is -1.16. The van der Waals surface area contributed by atoms with Gasteiger partial charge in [-0.2, -0.15) is 0 Å². The topological polar surface area (TPSA) is 21.3 Å². The summed E-state index contributed by atoms with van der Waals surface area (Å²) in [4.78, 5) is 1.37. The maximum atomic E-state index is 5.67. The number of benzene rings is 1. The molecule has 0 amide bonds. The Kier molecular flexibility index (Phi) is 3.46. The Morgan fingerprint density at radius 2 is 2.17 bits per heavy atom. The molecule has 1 aliphatic rings. The van der Waals surface area contributed by atoms with Crippen LogP contribution >= 0.6 is 11.3 Å². The van der Waals surface area contributed by atoms with Gasteiger partial charge in [-0.1, -0.05) is 30.3 Å².